The second-order valence-electron chi connectivity index (χ2n) is 5.07. The number of piperidine rings is 1. The highest BCUT2D eigenvalue weighted by Gasteiger charge is 2.23. The Morgan fingerprint density at radius 2 is 2.40 bits per heavy atom. The molecule has 1 saturated heterocycles. The van der Waals surface area contributed by atoms with Gasteiger partial charge in [0.05, 0.1) is 7.11 Å². The van der Waals surface area contributed by atoms with Crippen LogP contribution in [0.2, 0.25) is 0 Å². The Balaban J connectivity index is 2.01. The Hall–Kier alpha value is -1.82. The molecule has 1 unspecified atom stereocenters. The van der Waals surface area contributed by atoms with Gasteiger partial charge >= 0.3 is 0 Å². The molecule has 1 aromatic rings. The van der Waals surface area contributed by atoms with Crippen molar-refractivity contribution in [2.24, 2.45) is 16.8 Å². The molecule has 1 aliphatic rings. The van der Waals surface area contributed by atoms with Crippen LogP contribution in [0.15, 0.2) is 23.4 Å². The van der Waals surface area contributed by atoms with Crippen molar-refractivity contribution in [2.75, 3.05) is 20.2 Å². The second kappa shape index (κ2) is 6.56. The molecule has 20 heavy (non-hydrogen) atoms. The predicted molar refractivity (Wildman–Crippen MR) is 74.4 cm³/mol. The number of benzene rings is 1. The molecule has 3 N–H and O–H groups in total. The van der Waals surface area contributed by atoms with Crippen molar-refractivity contribution in [3.05, 3.63) is 29.6 Å². The third-order valence-corrected chi connectivity index (χ3v) is 3.66. The number of rotatable bonds is 4. The number of methoxy groups -OCH3 is 1. The maximum Gasteiger partial charge on any atom is 0.165 e. The molecule has 0 saturated carbocycles. The second-order valence-corrected chi connectivity index (χ2v) is 5.07. The number of ether oxygens (including phenoxy) is 1. The first kappa shape index (κ1) is 14.6. The van der Waals surface area contributed by atoms with E-state index < -0.39 is 0 Å². The monoisotopic (exact) mass is 281 g/mol. The van der Waals surface area contributed by atoms with Crippen LogP contribution in [-0.2, 0) is 6.54 Å². The predicted octanol–water partition coefficient (Wildman–Crippen LogP) is 1.79. The molecule has 0 spiro atoms. The molecule has 1 aliphatic heterocycles. The van der Waals surface area contributed by atoms with Gasteiger partial charge in [-0.05, 0) is 37.1 Å². The van der Waals surface area contributed by atoms with E-state index in [1.807, 2.05) is 6.07 Å². The third kappa shape index (κ3) is 3.39. The fourth-order valence-corrected chi connectivity index (χ4v) is 2.59. The van der Waals surface area contributed by atoms with Crippen molar-refractivity contribution in [1.82, 2.24) is 4.90 Å². The van der Waals surface area contributed by atoms with Crippen molar-refractivity contribution >= 4 is 5.84 Å². The van der Waals surface area contributed by atoms with Crippen LogP contribution < -0.4 is 10.5 Å². The Morgan fingerprint density at radius 1 is 1.60 bits per heavy atom. The lowest BCUT2D eigenvalue weighted by Crippen LogP contribution is -2.40. The number of hydrogen-bond donors (Lipinski definition) is 2. The van der Waals surface area contributed by atoms with Crippen LogP contribution >= 0.6 is 0 Å². The molecule has 1 heterocycles. The summed E-state index contributed by atoms with van der Waals surface area (Å²) in [5, 5.41) is 11.8. The van der Waals surface area contributed by atoms with Crippen LogP contribution in [0.25, 0.3) is 0 Å². The van der Waals surface area contributed by atoms with Gasteiger partial charge in [-0.1, -0.05) is 11.2 Å². The Morgan fingerprint density at radius 3 is 3.05 bits per heavy atom. The fourth-order valence-electron chi connectivity index (χ4n) is 2.59. The minimum atomic E-state index is -0.352. The summed E-state index contributed by atoms with van der Waals surface area (Å²) < 4.78 is 18.6. The largest absolute Gasteiger partial charge is 0.494 e. The van der Waals surface area contributed by atoms with Crippen LogP contribution in [0.3, 0.4) is 0 Å². The maximum atomic E-state index is 13.6. The van der Waals surface area contributed by atoms with E-state index in [4.69, 9.17) is 15.7 Å². The number of oxime groups is 1. The molecule has 1 fully saturated rings. The number of nitrogens with zero attached hydrogens (tertiary/aromatic N) is 2. The van der Waals surface area contributed by atoms with Gasteiger partial charge in [-0.3, -0.25) is 4.90 Å². The summed E-state index contributed by atoms with van der Waals surface area (Å²) in [6.45, 7) is 2.31. The zero-order chi connectivity index (χ0) is 14.5. The minimum absolute atomic E-state index is 0.0665. The zero-order valence-electron chi connectivity index (χ0n) is 11.6. The van der Waals surface area contributed by atoms with E-state index in [0.717, 1.165) is 31.5 Å². The molecule has 0 aliphatic carbocycles. The smallest absolute Gasteiger partial charge is 0.165 e. The lowest BCUT2D eigenvalue weighted by molar-refractivity contribution is 0.192. The van der Waals surface area contributed by atoms with Crippen molar-refractivity contribution < 1.29 is 14.3 Å². The maximum absolute atomic E-state index is 13.6. The number of amidine groups is 1. The number of halogens is 1. The first-order valence-electron chi connectivity index (χ1n) is 6.66. The first-order valence-corrected chi connectivity index (χ1v) is 6.66. The van der Waals surface area contributed by atoms with Gasteiger partial charge in [0.2, 0.25) is 0 Å². The SMILES string of the molecule is COc1ccc(CN2CCCC(C(N)=NO)C2)cc1F. The van der Waals surface area contributed by atoms with Crippen molar-refractivity contribution in [1.29, 1.82) is 0 Å². The molecule has 5 nitrogen and oxygen atoms in total. The Bertz CT molecular complexity index is 493. The fraction of sp³-hybridized carbons (Fsp3) is 0.500. The number of nitrogens with two attached hydrogens (primary N) is 1. The van der Waals surface area contributed by atoms with Crippen LogP contribution in [0.4, 0.5) is 4.39 Å². The van der Waals surface area contributed by atoms with E-state index in [0.29, 0.717) is 6.54 Å². The molecule has 110 valence electrons. The normalized spacial score (nSPS) is 20.9. The summed E-state index contributed by atoms with van der Waals surface area (Å²) in [5.41, 5.74) is 6.55. The van der Waals surface area contributed by atoms with Crippen molar-refractivity contribution in [2.45, 2.75) is 19.4 Å². The standard InChI is InChI=1S/C14H20FN3O2/c1-20-13-5-4-10(7-12(13)15)8-18-6-2-3-11(9-18)14(16)17-19/h4-5,7,11,19H,2-3,6,8-9H2,1H3,(H2,16,17). The van der Waals surface area contributed by atoms with Gasteiger partial charge in [-0.15, -0.1) is 0 Å². The van der Waals surface area contributed by atoms with E-state index in [-0.39, 0.29) is 23.3 Å². The van der Waals surface area contributed by atoms with Crippen molar-refractivity contribution in [3.63, 3.8) is 0 Å². The molecular formula is C14H20FN3O2. The molecule has 1 atom stereocenters. The summed E-state index contributed by atoms with van der Waals surface area (Å²) >= 11 is 0. The van der Waals surface area contributed by atoms with Gasteiger partial charge < -0.3 is 15.7 Å². The quantitative estimate of drug-likeness (QED) is 0.382. The summed E-state index contributed by atoms with van der Waals surface area (Å²) in [5.74, 6) is 0.240. The summed E-state index contributed by atoms with van der Waals surface area (Å²) in [6.07, 6.45) is 1.91. The van der Waals surface area contributed by atoms with E-state index in [2.05, 4.69) is 10.1 Å². The van der Waals surface area contributed by atoms with E-state index >= 15 is 0 Å². The molecule has 0 radical (unpaired) electrons. The van der Waals surface area contributed by atoms with Gasteiger partial charge in [0.15, 0.2) is 11.6 Å². The molecule has 0 bridgehead atoms. The van der Waals surface area contributed by atoms with E-state index in [1.54, 1.807) is 6.07 Å². The first-order chi connectivity index (χ1) is 9.63. The van der Waals surface area contributed by atoms with Crippen LogP contribution in [0.1, 0.15) is 18.4 Å². The highest BCUT2D eigenvalue weighted by Crippen LogP contribution is 2.22. The Labute approximate surface area is 117 Å². The summed E-state index contributed by atoms with van der Waals surface area (Å²) in [6, 6.07) is 4.98. The van der Waals surface area contributed by atoms with E-state index in [9.17, 15) is 4.39 Å². The average Bonchev–Trinajstić information content (AvgIpc) is 2.47. The molecule has 0 amide bonds. The van der Waals surface area contributed by atoms with Gasteiger partial charge in [-0.25, -0.2) is 4.39 Å². The van der Waals surface area contributed by atoms with E-state index in [1.165, 1.54) is 13.2 Å². The van der Waals surface area contributed by atoms with Gasteiger partial charge in [-0.2, -0.15) is 0 Å². The number of likely N-dealkylation sites (tertiary alicyclic amines) is 1. The van der Waals surface area contributed by atoms with Crippen LogP contribution in [0, 0.1) is 11.7 Å². The topological polar surface area (TPSA) is 71.1 Å². The Kier molecular flexibility index (Phi) is 4.79. The van der Waals surface area contributed by atoms with Gasteiger partial charge in [0, 0.05) is 19.0 Å². The zero-order valence-corrected chi connectivity index (χ0v) is 11.6. The average molecular weight is 281 g/mol. The number of hydrogen-bond acceptors (Lipinski definition) is 4. The van der Waals surface area contributed by atoms with Crippen LogP contribution in [0.5, 0.6) is 5.75 Å². The molecular weight excluding hydrogens is 261 g/mol. The lowest BCUT2D eigenvalue weighted by Gasteiger charge is -2.32. The molecule has 0 aromatic heterocycles. The summed E-state index contributed by atoms with van der Waals surface area (Å²) in [7, 11) is 1.45. The summed E-state index contributed by atoms with van der Waals surface area (Å²) in [4.78, 5) is 2.19. The molecule has 6 heteroatoms. The highest BCUT2D eigenvalue weighted by atomic mass is 19.1. The van der Waals surface area contributed by atoms with Crippen molar-refractivity contribution in [3.8, 4) is 5.75 Å². The van der Waals surface area contributed by atoms with Gasteiger partial charge in [0.25, 0.3) is 0 Å². The lowest BCUT2D eigenvalue weighted by atomic mass is 9.96. The molecule has 1 aromatic carbocycles. The highest BCUT2D eigenvalue weighted by molar-refractivity contribution is 5.82. The van der Waals surface area contributed by atoms with Crippen LogP contribution in [-0.4, -0.2) is 36.1 Å². The molecule has 2 rings (SSSR count). The minimum Gasteiger partial charge on any atom is -0.494 e. The van der Waals surface area contributed by atoms with Gasteiger partial charge in [0.1, 0.15) is 5.84 Å². The third-order valence-electron chi connectivity index (χ3n) is 3.66.